The van der Waals surface area contributed by atoms with Gasteiger partial charge in [-0.25, -0.2) is 0 Å². The van der Waals surface area contributed by atoms with E-state index >= 15 is 0 Å². The molecule has 2 atom stereocenters. The highest BCUT2D eigenvalue weighted by atomic mass is 17.4. The van der Waals surface area contributed by atoms with Gasteiger partial charge in [0.1, 0.15) is 0 Å². The number of rotatable bonds is 1. The first-order chi connectivity index (χ1) is 8.84. The van der Waals surface area contributed by atoms with Crippen LogP contribution in [0, 0.1) is 28.1 Å². The maximum atomic E-state index is 12.5. The Kier molecular flexibility index (Phi) is 3.43. The number of hydrogen-bond acceptors (Lipinski definition) is 3. The number of carbonyl (C=O) groups excluding carboxylic acids is 1. The van der Waals surface area contributed by atoms with Crippen molar-refractivity contribution in [2.45, 2.75) is 74.0 Å². The molecule has 1 spiro atoms. The van der Waals surface area contributed by atoms with Crippen LogP contribution in [0.15, 0.2) is 0 Å². The van der Waals surface area contributed by atoms with Crippen LogP contribution in [0.25, 0.3) is 0 Å². The third kappa shape index (κ3) is 2.23. The molecule has 1 aliphatic carbocycles. The molecule has 2 fully saturated rings. The number of Topliss-reactive ketones (excluding diaryl/α,β-unsaturated/α-hetero) is 1. The molecule has 0 N–H and O–H groups in total. The molecule has 3 heteroatoms. The van der Waals surface area contributed by atoms with Crippen molar-refractivity contribution < 1.29 is 14.6 Å². The lowest BCUT2D eigenvalue weighted by molar-refractivity contribution is -0.151. The van der Waals surface area contributed by atoms with Crippen molar-refractivity contribution in [2.75, 3.05) is 0 Å². The highest BCUT2D eigenvalue weighted by molar-refractivity contribution is 5.89. The summed E-state index contributed by atoms with van der Waals surface area (Å²) < 4.78 is 0. The van der Waals surface area contributed by atoms with Crippen LogP contribution in [-0.4, -0.2) is 11.6 Å². The molecule has 20 heavy (non-hydrogen) atoms. The third-order valence-electron chi connectivity index (χ3n) is 5.04. The monoisotopic (exact) mass is 282 g/mol. The minimum absolute atomic E-state index is 0.0760. The molecule has 2 aliphatic rings. The van der Waals surface area contributed by atoms with E-state index < -0.39 is 5.79 Å². The Morgan fingerprint density at radius 3 is 1.90 bits per heavy atom. The lowest BCUT2D eigenvalue weighted by Gasteiger charge is -2.54. The normalized spacial score (nSPS) is 33.9. The van der Waals surface area contributed by atoms with Gasteiger partial charge in [0.2, 0.25) is 0 Å². The van der Waals surface area contributed by atoms with E-state index in [4.69, 9.17) is 9.78 Å². The zero-order chi connectivity index (χ0) is 15.6. The maximum absolute atomic E-state index is 12.5. The molecule has 116 valence electrons. The largest absolute Gasteiger partial charge is 0.296 e. The standard InChI is InChI=1S/C17H30O3/c1-11-9-12(18)17(19-20-17)16(8,10-11)13(14(2,3)4)15(5,6)7/h11,13H,9-10H2,1-8H3. The fourth-order valence-electron chi connectivity index (χ4n) is 5.54. The zero-order valence-electron chi connectivity index (χ0n) is 14.3. The predicted octanol–water partition coefficient (Wildman–Crippen LogP) is 4.36. The second-order valence-electron chi connectivity index (χ2n) is 9.30. The molecular formula is C17H30O3. The van der Waals surface area contributed by atoms with Crippen LogP contribution in [0.1, 0.15) is 68.2 Å². The van der Waals surface area contributed by atoms with Gasteiger partial charge in [-0.3, -0.25) is 4.79 Å². The molecule has 1 aliphatic heterocycles. The van der Waals surface area contributed by atoms with Gasteiger partial charge in [0.25, 0.3) is 5.79 Å². The van der Waals surface area contributed by atoms with E-state index in [1.54, 1.807) is 0 Å². The van der Waals surface area contributed by atoms with E-state index in [0.29, 0.717) is 18.3 Å². The van der Waals surface area contributed by atoms with E-state index in [1.807, 2.05) is 0 Å². The molecule has 1 saturated heterocycles. The van der Waals surface area contributed by atoms with Crippen LogP contribution in [0.2, 0.25) is 0 Å². The molecule has 2 rings (SSSR count). The Morgan fingerprint density at radius 2 is 1.55 bits per heavy atom. The van der Waals surface area contributed by atoms with Gasteiger partial charge < -0.3 is 0 Å². The van der Waals surface area contributed by atoms with E-state index in [0.717, 1.165) is 6.42 Å². The minimum atomic E-state index is -0.981. The molecule has 0 radical (unpaired) electrons. The molecule has 0 amide bonds. The van der Waals surface area contributed by atoms with E-state index in [-0.39, 0.29) is 22.0 Å². The van der Waals surface area contributed by atoms with Gasteiger partial charge in [-0.05, 0) is 29.1 Å². The van der Waals surface area contributed by atoms with Crippen LogP contribution in [0.5, 0.6) is 0 Å². The van der Waals surface area contributed by atoms with E-state index in [9.17, 15) is 4.79 Å². The van der Waals surface area contributed by atoms with Crippen LogP contribution >= 0.6 is 0 Å². The summed E-state index contributed by atoms with van der Waals surface area (Å²) in [6, 6.07) is 0. The summed E-state index contributed by atoms with van der Waals surface area (Å²) in [6.45, 7) is 17.9. The first-order valence-electron chi connectivity index (χ1n) is 7.75. The third-order valence-corrected chi connectivity index (χ3v) is 5.04. The van der Waals surface area contributed by atoms with Gasteiger partial charge >= 0.3 is 0 Å². The molecule has 0 bridgehead atoms. The molecule has 0 aromatic heterocycles. The number of hydrogen-bond donors (Lipinski definition) is 0. The van der Waals surface area contributed by atoms with Gasteiger partial charge in [0, 0.05) is 11.8 Å². The SMILES string of the molecule is CC1CC(=O)C2(OO2)C(C)(C(C(C)(C)C)C(C)(C)C)C1. The van der Waals surface area contributed by atoms with Crippen LogP contribution in [-0.2, 0) is 14.6 Å². The van der Waals surface area contributed by atoms with Crippen molar-refractivity contribution in [3.8, 4) is 0 Å². The summed E-state index contributed by atoms with van der Waals surface area (Å²) in [5.41, 5.74) is -0.127. The summed E-state index contributed by atoms with van der Waals surface area (Å²) in [4.78, 5) is 23.2. The topological polar surface area (TPSA) is 42.1 Å². The Labute approximate surface area is 123 Å². The minimum Gasteiger partial charge on any atom is -0.293 e. The van der Waals surface area contributed by atoms with Crippen LogP contribution in [0.3, 0.4) is 0 Å². The van der Waals surface area contributed by atoms with Crippen LogP contribution in [0.4, 0.5) is 0 Å². The Balaban J connectivity index is 2.52. The average Bonchev–Trinajstić information content (AvgIpc) is 2.88. The number of ketones is 1. The van der Waals surface area contributed by atoms with Gasteiger partial charge in [0.15, 0.2) is 5.78 Å². The smallest absolute Gasteiger partial charge is 0.293 e. The van der Waals surface area contributed by atoms with E-state index in [1.165, 1.54) is 0 Å². The Bertz CT molecular complexity index is 395. The lowest BCUT2D eigenvalue weighted by atomic mass is 9.49. The Morgan fingerprint density at radius 1 is 1.10 bits per heavy atom. The number of carbonyl (C=O) groups is 1. The van der Waals surface area contributed by atoms with Crippen molar-refractivity contribution in [3.05, 3.63) is 0 Å². The first-order valence-corrected chi connectivity index (χ1v) is 7.75. The molecule has 2 unspecified atom stereocenters. The maximum Gasteiger partial charge on any atom is 0.296 e. The molecule has 3 nitrogen and oxygen atoms in total. The summed E-state index contributed by atoms with van der Waals surface area (Å²) in [6.07, 6.45) is 1.54. The summed E-state index contributed by atoms with van der Waals surface area (Å²) >= 11 is 0. The van der Waals surface area contributed by atoms with Crippen molar-refractivity contribution in [3.63, 3.8) is 0 Å². The molecule has 1 heterocycles. The van der Waals surface area contributed by atoms with Crippen molar-refractivity contribution in [1.29, 1.82) is 0 Å². The van der Waals surface area contributed by atoms with Crippen molar-refractivity contribution in [2.24, 2.45) is 28.1 Å². The zero-order valence-corrected chi connectivity index (χ0v) is 14.3. The lowest BCUT2D eigenvalue weighted by Crippen LogP contribution is -2.58. The first kappa shape index (κ1) is 16.0. The van der Waals surface area contributed by atoms with Crippen LogP contribution < -0.4 is 0 Å². The highest BCUT2D eigenvalue weighted by Crippen LogP contribution is 2.65. The van der Waals surface area contributed by atoms with E-state index in [2.05, 4.69) is 55.4 Å². The van der Waals surface area contributed by atoms with Crippen molar-refractivity contribution >= 4 is 5.78 Å². The molecule has 0 aromatic carbocycles. The fraction of sp³-hybridized carbons (Fsp3) is 0.941. The average molecular weight is 282 g/mol. The molecule has 0 aromatic rings. The quantitative estimate of drug-likeness (QED) is 0.530. The summed E-state index contributed by atoms with van der Waals surface area (Å²) in [5, 5.41) is 0. The van der Waals surface area contributed by atoms with Gasteiger partial charge in [-0.1, -0.05) is 55.4 Å². The summed E-state index contributed by atoms with van der Waals surface area (Å²) in [7, 11) is 0. The predicted molar refractivity (Wildman–Crippen MR) is 78.8 cm³/mol. The second kappa shape index (κ2) is 4.30. The van der Waals surface area contributed by atoms with Gasteiger partial charge in [-0.2, -0.15) is 9.78 Å². The molecular weight excluding hydrogens is 252 g/mol. The second-order valence-corrected chi connectivity index (χ2v) is 9.30. The highest BCUT2D eigenvalue weighted by Gasteiger charge is 2.74. The summed E-state index contributed by atoms with van der Waals surface area (Å²) in [5.74, 6) is -0.155. The van der Waals surface area contributed by atoms with Gasteiger partial charge in [-0.15, -0.1) is 0 Å². The molecule has 1 saturated carbocycles. The van der Waals surface area contributed by atoms with Crippen molar-refractivity contribution in [1.82, 2.24) is 0 Å². The fourth-order valence-corrected chi connectivity index (χ4v) is 5.54. The van der Waals surface area contributed by atoms with Gasteiger partial charge in [0.05, 0.1) is 0 Å². The Hall–Kier alpha value is -0.410.